The average molecular weight is 353 g/mol. The van der Waals surface area contributed by atoms with Crippen LogP contribution in [0.1, 0.15) is 44.4 Å². The second kappa shape index (κ2) is 8.62. The van der Waals surface area contributed by atoms with E-state index in [9.17, 15) is 0 Å². The zero-order valence-corrected chi connectivity index (χ0v) is 16.3. The second-order valence-corrected chi connectivity index (χ2v) is 7.11. The first-order valence-corrected chi connectivity index (χ1v) is 8.86. The molecule has 0 aliphatic heterocycles. The molecule has 0 unspecified atom stereocenters. The maximum atomic E-state index is 8.95. The highest BCUT2D eigenvalue weighted by atomic mass is 16.5. The fourth-order valence-corrected chi connectivity index (χ4v) is 2.67. The Hall–Kier alpha value is -2.67. The molecule has 0 N–H and O–H groups in total. The minimum absolute atomic E-state index is 0.0116. The van der Waals surface area contributed by atoms with Gasteiger partial charge in [-0.05, 0) is 41.2 Å². The largest absolute Gasteiger partial charge is 0.493 e. The summed E-state index contributed by atoms with van der Waals surface area (Å²) in [6, 6.07) is 13.6. The van der Waals surface area contributed by atoms with E-state index in [1.807, 2.05) is 6.07 Å². The fourth-order valence-electron chi connectivity index (χ4n) is 2.67. The quantitative estimate of drug-likeness (QED) is 0.665. The first-order valence-electron chi connectivity index (χ1n) is 8.86. The third-order valence-corrected chi connectivity index (χ3v) is 4.15. The summed E-state index contributed by atoms with van der Waals surface area (Å²) < 4.78 is 17.0. The van der Waals surface area contributed by atoms with Crippen molar-refractivity contribution in [2.75, 3.05) is 20.3 Å². The molecule has 0 spiro atoms. The Morgan fingerprint density at radius 3 is 2.15 bits per heavy atom. The number of benzene rings is 2. The Bertz CT molecular complexity index is 785. The summed E-state index contributed by atoms with van der Waals surface area (Å²) in [4.78, 5) is 0. The molecular weight excluding hydrogens is 326 g/mol. The normalized spacial score (nSPS) is 10.9. The third kappa shape index (κ3) is 4.92. The van der Waals surface area contributed by atoms with E-state index in [0.717, 1.165) is 12.2 Å². The van der Waals surface area contributed by atoms with Gasteiger partial charge in [-0.25, -0.2) is 0 Å². The molecule has 0 bridgehead atoms. The van der Waals surface area contributed by atoms with Crippen molar-refractivity contribution in [1.82, 2.24) is 0 Å². The predicted molar refractivity (Wildman–Crippen MR) is 103 cm³/mol. The van der Waals surface area contributed by atoms with Crippen molar-refractivity contribution < 1.29 is 14.2 Å². The Kier molecular flexibility index (Phi) is 6.52. The van der Waals surface area contributed by atoms with E-state index in [1.54, 1.807) is 25.3 Å². The van der Waals surface area contributed by atoms with E-state index >= 15 is 0 Å². The van der Waals surface area contributed by atoms with Crippen LogP contribution < -0.4 is 14.2 Å². The molecule has 26 heavy (non-hydrogen) atoms. The van der Waals surface area contributed by atoms with Crippen LogP contribution in [0.4, 0.5) is 0 Å². The second-order valence-electron chi connectivity index (χ2n) is 7.11. The highest BCUT2D eigenvalue weighted by Crippen LogP contribution is 2.32. The van der Waals surface area contributed by atoms with Gasteiger partial charge >= 0.3 is 0 Å². The summed E-state index contributed by atoms with van der Waals surface area (Å²) in [5, 5.41) is 8.95. The molecule has 0 aromatic heterocycles. The van der Waals surface area contributed by atoms with E-state index in [1.165, 1.54) is 11.1 Å². The Labute approximate surface area is 156 Å². The number of rotatable bonds is 7. The van der Waals surface area contributed by atoms with Crippen molar-refractivity contribution in [2.45, 2.75) is 39.5 Å². The standard InChI is InChI=1S/C22H27NO3/c1-6-16-7-9-19(18(13-16)22(2,3)4)25-11-12-26-20-10-8-17(15-23)14-21(20)24-5/h7-10,13-14H,6,11-12H2,1-5H3. The molecule has 2 aromatic rings. The van der Waals surface area contributed by atoms with E-state index in [2.05, 4.69) is 45.9 Å². The first kappa shape index (κ1) is 19.7. The van der Waals surface area contributed by atoms with Gasteiger partial charge in [-0.2, -0.15) is 5.26 Å². The van der Waals surface area contributed by atoms with Crippen molar-refractivity contribution in [3.63, 3.8) is 0 Å². The molecule has 2 rings (SSSR count). The number of ether oxygens (including phenoxy) is 3. The molecule has 0 amide bonds. The molecule has 2 aromatic carbocycles. The maximum Gasteiger partial charge on any atom is 0.162 e. The lowest BCUT2D eigenvalue weighted by Crippen LogP contribution is -2.16. The summed E-state index contributed by atoms with van der Waals surface area (Å²) in [7, 11) is 1.56. The number of aryl methyl sites for hydroxylation is 1. The molecular formula is C22H27NO3. The molecule has 0 radical (unpaired) electrons. The highest BCUT2D eigenvalue weighted by molar-refractivity contribution is 5.46. The summed E-state index contributed by atoms with van der Waals surface area (Å²) in [5.74, 6) is 2.05. The molecule has 4 heteroatoms. The van der Waals surface area contributed by atoms with Gasteiger partial charge in [-0.3, -0.25) is 0 Å². The van der Waals surface area contributed by atoms with Gasteiger partial charge < -0.3 is 14.2 Å². The van der Waals surface area contributed by atoms with Gasteiger partial charge in [0.2, 0.25) is 0 Å². The fraction of sp³-hybridized carbons (Fsp3) is 0.409. The van der Waals surface area contributed by atoms with Crippen LogP contribution in [-0.2, 0) is 11.8 Å². The van der Waals surface area contributed by atoms with Crippen molar-refractivity contribution >= 4 is 0 Å². The lowest BCUT2D eigenvalue weighted by atomic mass is 9.85. The third-order valence-electron chi connectivity index (χ3n) is 4.15. The van der Waals surface area contributed by atoms with Crippen molar-refractivity contribution in [3.05, 3.63) is 53.1 Å². The Balaban J connectivity index is 2.02. The van der Waals surface area contributed by atoms with Crippen LogP contribution in [0.5, 0.6) is 17.2 Å². The van der Waals surface area contributed by atoms with Gasteiger partial charge in [0, 0.05) is 6.07 Å². The number of hydrogen-bond acceptors (Lipinski definition) is 4. The predicted octanol–water partition coefficient (Wildman–Crippen LogP) is 4.88. The molecule has 0 heterocycles. The van der Waals surface area contributed by atoms with Gasteiger partial charge in [0.15, 0.2) is 11.5 Å². The van der Waals surface area contributed by atoms with Gasteiger partial charge in [-0.1, -0.05) is 39.8 Å². The van der Waals surface area contributed by atoms with Gasteiger partial charge in [-0.15, -0.1) is 0 Å². The first-order chi connectivity index (χ1) is 12.4. The molecule has 0 saturated carbocycles. The molecule has 0 aliphatic rings. The SMILES string of the molecule is CCc1ccc(OCCOc2ccc(C#N)cc2OC)c(C(C)(C)C)c1. The van der Waals surface area contributed by atoms with Crippen LogP contribution >= 0.6 is 0 Å². The Morgan fingerprint density at radius 2 is 1.58 bits per heavy atom. The van der Waals surface area contributed by atoms with Gasteiger partial charge in [0.1, 0.15) is 19.0 Å². The lowest BCUT2D eigenvalue weighted by molar-refractivity contribution is 0.208. The van der Waals surface area contributed by atoms with Crippen LogP contribution in [0.2, 0.25) is 0 Å². The molecule has 0 atom stereocenters. The van der Waals surface area contributed by atoms with Crippen LogP contribution in [0.3, 0.4) is 0 Å². The Morgan fingerprint density at radius 1 is 0.923 bits per heavy atom. The molecule has 0 aliphatic carbocycles. The minimum atomic E-state index is 0.0116. The van der Waals surface area contributed by atoms with E-state index in [-0.39, 0.29) is 5.41 Å². The smallest absolute Gasteiger partial charge is 0.162 e. The number of nitrogens with zero attached hydrogens (tertiary/aromatic N) is 1. The highest BCUT2D eigenvalue weighted by Gasteiger charge is 2.19. The maximum absolute atomic E-state index is 8.95. The number of hydrogen-bond donors (Lipinski definition) is 0. The number of methoxy groups -OCH3 is 1. The van der Waals surface area contributed by atoms with Crippen molar-refractivity contribution in [3.8, 4) is 23.3 Å². The molecule has 138 valence electrons. The monoisotopic (exact) mass is 353 g/mol. The van der Waals surface area contributed by atoms with Gasteiger partial charge in [0.05, 0.1) is 18.7 Å². The topological polar surface area (TPSA) is 51.5 Å². The number of nitriles is 1. The lowest BCUT2D eigenvalue weighted by Gasteiger charge is -2.24. The van der Waals surface area contributed by atoms with E-state index in [4.69, 9.17) is 19.5 Å². The van der Waals surface area contributed by atoms with Crippen LogP contribution in [0, 0.1) is 11.3 Å². The zero-order valence-electron chi connectivity index (χ0n) is 16.3. The van der Waals surface area contributed by atoms with Crippen LogP contribution in [-0.4, -0.2) is 20.3 Å². The molecule has 0 saturated heterocycles. The average Bonchev–Trinajstić information content (AvgIpc) is 2.64. The van der Waals surface area contributed by atoms with Crippen molar-refractivity contribution in [1.29, 1.82) is 5.26 Å². The van der Waals surface area contributed by atoms with Crippen LogP contribution in [0.15, 0.2) is 36.4 Å². The van der Waals surface area contributed by atoms with Crippen LogP contribution in [0.25, 0.3) is 0 Å². The molecule has 0 fully saturated rings. The van der Waals surface area contributed by atoms with Gasteiger partial charge in [0.25, 0.3) is 0 Å². The summed E-state index contributed by atoms with van der Waals surface area (Å²) in [6.07, 6.45) is 1.00. The molecule has 4 nitrogen and oxygen atoms in total. The zero-order chi connectivity index (χ0) is 19.2. The van der Waals surface area contributed by atoms with E-state index in [0.29, 0.717) is 30.3 Å². The summed E-state index contributed by atoms with van der Waals surface area (Å²) in [6.45, 7) is 9.53. The summed E-state index contributed by atoms with van der Waals surface area (Å²) >= 11 is 0. The summed E-state index contributed by atoms with van der Waals surface area (Å²) in [5.41, 5.74) is 3.06. The van der Waals surface area contributed by atoms with E-state index < -0.39 is 0 Å². The minimum Gasteiger partial charge on any atom is -0.493 e. The van der Waals surface area contributed by atoms with Crippen molar-refractivity contribution in [2.24, 2.45) is 0 Å².